The van der Waals surface area contributed by atoms with Gasteiger partial charge in [0.1, 0.15) is 4.99 Å². The highest BCUT2D eigenvalue weighted by Gasteiger charge is 2.07. The highest BCUT2D eigenvalue weighted by molar-refractivity contribution is 7.80. The van der Waals surface area contributed by atoms with Gasteiger partial charge in [-0.1, -0.05) is 36.5 Å². The molecule has 1 aromatic heterocycles. The maximum atomic E-state index is 11.9. The monoisotopic (exact) mass is 261 g/mol. The number of imidazole rings is 1. The van der Waals surface area contributed by atoms with Crippen LogP contribution in [0, 0.1) is 0 Å². The average Bonchev–Trinajstić information content (AvgIpc) is 2.71. The van der Waals surface area contributed by atoms with Gasteiger partial charge in [0, 0.05) is 24.5 Å². The maximum Gasteiger partial charge on any atom is 0.328 e. The van der Waals surface area contributed by atoms with E-state index in [4.69, 9.17) is 18.0 Å². The summed E-state index contributed by atoms with van der Waals surface area (Å²) >= 11 is 5.01. The first-order valence-electron chi connectivity index (χ1n) is 5.76. The zero-order valence-corrected chi connectivity index (χ0v) is 11.0. The smallest absolute Gasteiger partial charge is 0.328 e. The van der Waals surface area contributed by atoms with Crippen LogP contribution in [0.15, 0.2) is 41.5 Å². The van der Waals surface area contributed by atoms with Crippen LogP contribution >= 0.6 is 12.2 Å². The third kappa shape index (κ3) is 2.36. The zero-order chi connectivity index (χ0) is 13.1. The van der Waals surface area contributed by atoms with Crippen LogP contribution in [0.2, 0.25) is 0 Å². The molecule has 1 heterocycles. The molecule has 94 valence electrons. The summed E-state index contributed by atoms with van der Waals surface area (Å²) in [6.45, 7) is 3.09. The predicted octanol–water partition coefficient (Wildman–Crippen LogP) is 1.35. The van der Waals surface area contributed by atoms with E-state index in [1.54, 1.807) is 21.5 Å². The van der Waals surface area contributed by atoms with E-state index >= 15 is 0 Å². The Morgan fingerprint density at radius 2 is 1.94 bits per heavy atom. The molecular weight excluding hydrogens is 246 g/mol. The quantitative estimate of drug-likeness (QED) is 0.845. The lowest BCUT2D eigenvalue weighted by Gasteiger charge is -2.08. The van der Waals surface area contributed by atoms with Gasteiger partial charge < -0.3 is 5.73 Å². The molecule has 0 aliphatic carbocycles. The highest BCUT2D eigenvalue weighted by atomic mass is 32.1. The lowest BCUT2D eigenvalue weighted by molar-refractivity contribution is 0.668. The van der Waals surface area contributed by atoms with Gasteiger partial charge in [0.25, 0.3) is 0 Å². The number of nitrogens with two attached hydrogens (primary N) is 1. The number of benzene rings is 1. The van der Waals surface area contributed by atoms with E-state index < -0.39 is 0 Å². The number of hydrogen-bond donors (Lipinski definition) is 1. The van der Waals surface area contributed by atoms with E-state index in [0.717, 1.165) is 11.1 Å². The summed E-state index contributed by atoms with van der Waals surface area (Å²) in [4.78, 5) is 12.3. The lowest BCUT2D eigenvalue weighted by Crippen LogP contribution is -2.24. The third-order valence-electron chi connectivity index (χ3n) is 2.88. The van der Waals surface area contributed by atoms with Gasteiger partial charge >= 0.3 is 5.69 Å². The van der Waals surface area contributed by atoms with Crippen LogP contribution in [-0.2, 0) is 13.1 Å². The molecule has 2 rings (SSSR count). The Labute approximate surface area is 111 Å². The van der Waals surface area contributed by atoms with Crippen molar-refractivity contribution in [2.24, 2.45) is 5.73 Å². The minimum Gasteiger partial charge on any atom is -0.389 e. The fourth-order valence-electron chi connectivity index (χ4n) is 1.90. The second-order valence-electron chi connectivity index (χ2n) is 4.02. The summed E-state index contributed by atoms with van der Waals surface area (Å²) in [6, 6.07) is 7.61. The van der Waals surface area contributed by atoms with Gasteiger partial charge in [-0.25, -0.2) is 4.79 Å². The Bertz CT molecular complexity index is 627. The van der Waals surface area contributed by atoms with E-state index in [9.17, 15) is 4.79 Å². The normalized spacial score (nSPS) is 10.5. The molecule has 2 N–H and O–H groups in total. The molecule has 0 spiro atoms. The molecule has 0 saturated heterocycles. The van der Waals surface area contributed by atoms with Crippen LogP contribution in [0.25, 0.3) is 0 Å². The van der Waals surface area contributed by atoms with Gasteiger partial charge in [0.15, 0.2) is 0 Å². The fraction of sp³-hybridized carbons (Fsp3) is 0.231. The summed E-state index contributed by atoms with van der Waals surface area (Å²) in [7, 11) is 0. The predicted molar refractivity (Wildman–Crippen MR) is 75.8 cm³/mol. The molecule has 5 heteroatoms. The molecule has 0 saturated carbocycles. The molecule has 0 unspecified atom stereocenters. The van der Waals surface area contributed by atoms with Gasteiger partial charge in [0.2, 0.25) is 0 Å². The first kappa shape index (κ1) is 12.6. The summed E-state index contributed by atoms with van der Waals surface area (Å²) in [5.41, 5.74) is 7.44. The van der Waals surface area contributed by atoms with Crippen molar-refractivity contribution in [3.63, 3.8) is 0 Å². The number of aromatic nitrogens is 2. The standard InChI is InChI=1S/C13H15N3OS/c1-2-15-7-8-16(13(15)17)9-10-5-3-4-6-11(10)12(14)18/h3-8H,2,9H2,1H3,(H2,14,18). The van der Waals surface area contributed by atoms with E-state index in [2.05, 4.69) is 0 Å². The zero-order valence-electron chi connectivity index (χ0n) is 10.2. The van der Waals surface area contributed by atoms with Crippen LogP contribution in [0.5, 0.6) is 0 Å². The SMILES string of the molecule is CCn1ccn(Cc2ccccc2C(N)=S)c1=O. The third-order valence-corrected chi connectivity index (χ3v) is 3.10. The molecule has 0 fully saturated rings. The summed E-state index contributed by atoms with van der Waals surface area (Å²) in [5, 5.41) is 0. The maximum absolute atomic E-state index is 11.9. The van der Waals surface area contributed by atoms with Crippen molar-refractivity contribution in [1.82, 2.24) is 9.13 Å². The van der Waals surface area contributed by atoms with Crippen molar-refractivity contribution >= 4 is 17.2 Å². The molecule has 0 aliphatic rings. The number of rotatable bonds is 4. The Morgan fingerprint density at radius 3 is 2.56 bits per heavy atom. The number of thiocarbonyl (C=S) groups is 1. The number of nitrogens with zero attached hydrogens (tertiary/aromatic N) is 2. The van der Waals surface area contributed by atoms with Crippen molar-refractivity contribution in [1.29, 1.82) is 0 Å². The first-order valence-corrected chi connectivity index (χ1v) is 6.17. The molecule has 4 nitrogen and oxygen atoms in total. The second-order valence-corrected chi connectivity index (χ2v) is 4.46. The van der Waals surface area contributed by atoms with Gasteiger partial charge in [-0.3, -0.25) is 9.13 Å². The molecule has 2 aromatic rings. The van der Waals surface area contributed by atoms with Gasteiger partial charge in [-0.2, -0.15) is 0 Å². The minimum atomic E-state index is -0.0183. The molecule has 0 atom stereocenters. The van der Waals surface area contributed by atoms with Gasteiger partial charge in [0.05, 0.1) is 6.54 Å². The second kappa shape index (κ2) is 5.18. The summed E-state index contributed by atoms with van der Waals surface area (Å²) in [5.74, 6) is 0. The lowest BCUT2D eigenvalue weighted by atomic mass is 10.1. The summed E-state index contributed by atoms with van der Waals surface area (Å²) in [6.07, 6.45) is 3.56. The van der Waals surface area contributed by atoms with Crippen molar-refractivity contribution in [2.45, 2.75) is 20.0 Å². The van der Waals surface area contributed by atoms with Crippen LogP contribution in [-0.4, -0.2) is 14.1 Å². The van der Waals surface area contributed by atoms with E-state index in [1.165, 1.54) is 0 Å². The largest absolute Gasteiger partial charge is 0.389 e. The Balaban J connectivity index is 2.37. The molecule has 1 aromatic carbocycles. The topological polar surface area (TPSA) is 52.9 Å². The average molecular weight is 261 g/mol. The van der Waals surface area contributed by atoms with Crippen molar-refractivity contribution in [3.8, 4) is 0 Å². The van der Waals surface area contributed by atoms with Gasteiger partial charge in [-0.15, -0.1) is 0 Å². The van der Waals surface area contributed by atoms with Crippen LogP contribution in [0.4, 0.5) is 0 Å². The Kier molecular flexibility index (Phi) is 3.62. The molecule has 0 bridgehead atoms. The minimum absolute atomic E-state index is 0.0183. The fourth-order valence-corrected chi connectivity index (χ4v) is 2.10. The van der Waals surface area contributed by atoms with Crippen LogP contribution < -0.4 is 11.4 Å². The van der Waals surface area contributed by atoms with Gasteiger partial charge in [-0.05, 0) is 12.5 Å². The van der Waals surface area contributed by atoms with E-state index in [1.807, 2.05) is 31.2 Å². The molecule has 0 aliphatic heterocycles. The molecular formula is C13H15N3OS. The Morgan fingerprint density at radius 1 is 1.28 bits per heavy atom. The first-order chi connectivity index (χ1) is 8.63. The van der Waals surface area contributed by atoms with E-state index in [-0.39, 0.29) is 5.69 Å². The Hall–Kier alpha value is -1.88. The molecule has 18 heavy (non-hydrogen) atoms. The number of hydrogen-bond acceptors (Lipinski definition) is 2. The highest BCUT2D eigenvalue weighted by Crippen LogP contribution is 2.09. The van der Waals surface area contributed by atoms with Crippen molar-refractivity contribution < 1.29 is 0 Å². The van der Waals surface area contributed by atoms with E-state index in [0.29, 0.717) is 18.1 Å². The summed E-state index contributed by atoms with van der Waals surface area (Å²) < 4.78 is 3.31. The number of aryl methyl sites for hydroxylation is 1. The van der Waals surface area contributed by atoms with Crippen LogP contribution in [0.3, 0.4) is 0 Å². The van der Waals surface area contributed by atoms with Crippen molar-refractivity contribution in [2.75, 3.05) is 0 Å². The van der Waals surface area contributed by atoms with Crippen LogP contribution in [0.1, 0.15) is 18.1 Å². The molecule has 0 amide bonds. The molecule has 0 radical (unpaired) electrons. The van der Waals surface area contributed by atoms with Crippen molar-refractivity contribution in [3.05, 3.63) is 58.3 Å².